The number of carbonyl (C=O) groups excluding carboxylic acids is 1. The number of H-pyrrole nitrogens is 1. The van der Waals surface area contributed by atoms with Gasteiger partial charge in [0.2, 0.25) is 0 Å². The minimum absolute atomic E-state index is 0.104. The van der Waals surface area contributed by atoms with E-state index in [0.717, 1.165) is 11.1 Å². The normalized spacial score (nSPS) is 10.9. The number of hydrogen-bond acceptors (Lipinski definition) is 2. The van der Waals surface area contributed by atoms with Crippen molar-refractivity contribution in [2.24, 2.45) is 0 Å². The number of benzene rings is 1. The first-order chi connectivity index (χ1) is 9.63. The van der Waals surface area contributed by atoms with Crippen LogP contribution in [0.3, 0.4) is 0 Å². The van der Waals surface area contributed by atoms with E-state index in [0.29, 0.717) is 17.6 Å². The lowest BCUT2D eigenvalue weighted by molar-refractivity contribution is 0.0780. The summed E-state index contributed by atoms with van der Waals surface area (Å²) in [6.45, 7) is 0.562. The molecule has 102 valence electrons. The third kappa shape index (κ3) is 2.44. The predicted octanol–water partition coefficient (Wildman–Crippen LogP) is 3.64. The van der Waals surface area contributed by atoms with E-state index in [1.165, 1.54) is 12.1 Å². The fraction of sp³-hybridized carbons (Fsp3) is 0.133. The Morgan fingerprint density at radius 3 is 2.95 bits per heavy atom. The summed E-state index contributed by atoms with van der Waals surface area (Å²) in [5.74, 6) is -0.407. The van der Waals surface area contributed by atoms with Gasteiger partial charge in [0.05, 0.1) is 0 Å². The molecule has 0 atom stereocenters. The quantitative estimate of drug-likeness (QED) is 0.784. The highest BCUT2D eigenvalue weighted by molar-refractivity contribution is 7.07. The van der Waals surface area contributed by atoms with Crippen LogP contribution in [0.5, 0.6) is 0 Å². The first kappa shape index (κ1) is 12.9. The smallest absolute Gasteiger partial charge is 0.270 e. The van der Waals surface area contributed by atoms with Gasteiger partial charge in [-0.15, -0.1) is 0 Å². The first-order valence-electron chi connectivity index (χ1n) is 6.18. The summed E-state index contributed by atoms with van der Waals surface area (Å²) in [4.78, 5) is 17.0. The molecule has 1 N–H and O–H groups in total. The largest absolute Gasteiger partial charge is 0.351 e. The molecule has 0 aliphatic heterocycles. The third-order valence-electron chi connectivity index (χ3n) is 3.16. The molecule has 0 saturated carbocycles. The molecule has 2 heterocycles. The van der Waals surface area contributed by atoms with E-state index in [4.69, 9.17) is 0 Å². The van der Waals surface area contributed by atoms with E-state index in [2.05, 4.69) is 4.98 Å². The molecule has 5 heteroatoms. The number of halogens is 1. The van der Waals surface area contributed by atoms with Crippen molar-refractivity contribution in [3.05, 3.63) is 58.2 Å². The van der Waals surface area contributed by atoms with E-state index in [9.17, 15) is 9.18 Å². The number of nitrogens with one attached hydrogen (secondary N) is 1. The summed E-state index contributed by atoms with van der Waals surface area (Å²) in [5, 5.41) is 4.71. The number of hydrogen-bond donors (Lipinski definition) is 1. The van der Waals surface area contributed by atoms with Crippen LogP contribution in [-0.4, -0.2) is 22.8 Å². The SMILES string of the molecule is CN(Cc1ccsc1)C(=O)c1cc2cc(F)ccc2[nH]1. The maximum absolute atomic E-state index is 13.1. The molecular formula is C15H13FN2OS. The summed E-state index contributed by atoms with van der Waals surface area (Å²) in [7, 11) is 1.76. The average molecular weight is 288 g/mol. The van der Waals surface area contributed by atoms with Crippen molar-refractivity contribution in [3.8, 4) is 0 Å². The molecule has 0 saturated heterocycles. The van der Waals surface area contributed by atoms with Gasteiger partial charge >= 0.3 is 0 Å². The van der Waals surface area contributed by atoms with Crippen LogP contribution in [0.4, 0.5) is 4.39 Å². The minimum Gasteiger partial charge on any atom is -0.351 e. The van der Waals surface area contributed by atoms with Gasteiger partial charge in [0.15, 0.2) is 0 Å². The van der Waals surface area contributed by atoms with E-state index in [1.807, 2.05) is 16.8 Å². The van der Waals surface area contributed by atoms with E-state index < -0.39 is 0 Å². The first-order valence-corrected chi connectivity index (χ1v) is 7.12. The zero-order valence-corrected chi connectivity index (χ0v) is 11.7. The van der Waals surface area contributed by atoms with E-state index in [1.54, 1.807) is 35.4 Å². The second-order valence-electron chi connectivity index (χ2n) is 4.71. The third-order valence-corrected chi connectivity index (χ3v) is 3.89. The number of thiophene rings is 1. The molecule has 0 spiro atoms. The van der Waals surface area contributed by atoms with Crippen molar-refractivity contribution in [1.29, 1.82) is 0 Å². The summed E-state index contributed by atoms with van der Waals surface area (Å²) in [6, 6.07) is 8.11. The van der Waals surface area contributed by atoms with Crippen LogP contribution in [-0.2, 0) is 6.54 Å². The van der Waals surface area contributed by atoms with Gasteiger partial charge in [0.25, 0.3) is 5.91 Å². The van der Waals surface area contributed by atoms with Gasteiger partial charge < -0.3 is 9.88 Å². The highest BCUT2D eigenvalue weighted by Crippen LogP contribution is 2.18. The number of nitrogens with zero attached hydrogens (tertiary/aromatic N) is 1. The van der Waals surface area contributed by atoms with E-state index >= 15 is 0 Å². The topological polar surface area (TPSA) is 36.1 Å². The van der Waals surface area contributed by atoms with Crippen LogP contribution in [0.2, 0.25) is 0 Å². The van der Waals surface area contributed by atoms with Gasteiger partial charge in [-0.2, -0.15) is 11.3 Å². The van der Waals surface area contributed by atoms with Crippen LogP contribution < -0.4 is 0 Å². The Balaban J connectivity index is 1.84. The van der Waals surface area contributed by atoms with Gasteiger partial charge in [-0.3, -0.25) is 4.79 Å². The molecule has 0 bridgehead atoms. The second-order valence-corrected chi connectivity index (χ2v) is 5.49. The molecule has 3 rings (SSSR count). The standard InChI is InChI=1S/C15H13FN2OS/c1-18(8-10-4-5-20-9-10)15(19)14-7-11-6-12(16)2-3-13(11)17-14/h2-7,9,17H,8H2,1H3. The van der Waals surface area contributed by atoms with Gasteiger partial charge in [-0.05, 0) is 46.7 Å². The summed E-state index contributed by atoms with van der Waals surface area (Å²) >= 11 is 1.61. The zero-order valence-electron chi connectivity index (χ0n) is 10.9. The number of carbonyl (C=O) groups is 1. The molecule has 2 aromatic heterocycles. The Morgan fingerprint density at radius 1 is 1.35 bits per heavy atom. The Morgan fingerprint density at radius 2 is 2.20 bits per heavy atom. The second kappa shape index (κ2) is 5.09. The lowest BCUT2D eigenvalue weighted by Gasteiger charge is -2.15. The van der Waals surface area contributed by atoms with Crippen molar-refractivity contribution in [3.63, 3.8) is 0 Å². The fourth-order valence-corrected chi connectivity index (χ4v) is 2.81. The number of aromatic nitrogens is 1. The monoisotopic (exact) mass is 288 g/mol. The lowest BCUT2D eigenvalue weighted by Crippen LogP contribution is -2.26. The summed E-state index contributed by atoms with van der Waals surface area (Å²) < 4.78 is 13.1. The number of rotatable bonds is 3. The maximum atomic E-state index is 13.1. The van der Waals surface area contributed by atoms with Crippen molar-refractivity contribution >= 4 is 28.1 Å². The summed E-state index contributed by atoms with van der Waals surface area (Å²) in [5.41, 5.74) is 2.34. The van der Waals surface area contributed by atoms with Gasteiger partial charge in [-0.1, -0.05) is 0 Å². The average Bonchev–Trinajstić information content (AvgIpc) is 3.06. The Labute approximate surface area is 119 Å². The van der Waals surface area contributed by atoms with Crippen molar-refractivity contribution in [2.75, 3.05) is 7.05 Å². The molecule has 3 nitrogen and oxygen atoms in total. The molecule has 1 aromatic carbocycles. The minimum atomic E-state index is -0.304. The molecule has 3 aromatic rings. The molecule has 0 unspecified atom stereocenters. The highest BCUT2D eigenvalue weighted by atomic mass is 32.1. The molecule has 0 radical (unpaired) electrons. The Bertz CT molecular complexity index is 748. The molecule has 0 aliphatic carbocycles. The van der Waals surface area contributed by atoms with E-state index in [-0.39, 0.29) is 11.7 Å². The Kier molecular flexibility index (Phi) is 3.28. The molecule has 20 heavy (non-hydrogen) atoms. The molecule has 1 amide bonds. The number of fused-ring (bicyclic) bond motifs is 1. The van der Waals surface area contributed by atoms with Crippen LogP contribution in [0.1, 0.15) is 16.1 Å². The summed E-state index contributed by atoms with van der Waals surface area (Å²) in [6.07, 6.45) is 0. The van der Waals surface area contributed by atoms with Crippen molar-refractivity contribution in [1.82, 2.24) is 9.88 Å². The van der Waals surface area contributed by atoms with Crippen LogP contribution in [0.15, 0.2) is 41.1 Å². The van der Waals surface area contributed by atoms with Crippen LogP contribution in [0, 0.1) is 5.82 Å². The van der Waals surface area contributed by atoms with Gasteiger partial charge in [0, 0.05) is 24.5 Å². The number of amides is 1. The van der Waals surface area contributed by atoms with Gasteiger partial charge in [-0.25, -0.2) is 4.39 Å². The van der Waals surface area contributed by atoms with Crippen LogP contribution >= 0.6 is 11.3 Å². The fourth-order valence-electron chi connectivity index (χ4n) is 2.15. The number of aromatic amines is 1. The van der Waals surface area contributed by atoms with Crippen LogP contribution in [0.25, 0.3) is 10.9 Å². The van der Waals surface area contributed by atoms with Crippen molar-refractivity contribution in [2.45, 2.75) is 6.54 Å². The zero-order chi connectivity index (χ0) is 14.1. The lowest BCUT2D eigenvalue weighted by atomic mass is 10.2. The highest BCUT2D eigenvalue weighted by Gasteiger charge is 2.15. The molecular weight excluding hydrogens is 275 g/mol. The maximum Gasteiger partial charge on any atom is 0.270 e. The van der Waals surface area contributed by atoms with Crippen molar-refractivity contribution < 1.29 is 9.18 Å². The molecule has 0 aliphatic rings. The Hall–Kier alpha value is -2.14. The molecule has 0 fully saturated rings. The predicted molar refractivity (Wildman–Crippen MR) is 78.4 cm³/mol. The van der Waals surface area contributed by atoms with Gasteiger partial charge in [0.1, 0.15) is 11.5 Å².